The molecule has 1 atom stereocenters. The molecule has 4 rings (SSSR count). The van der Waals surface area contributed by atoms with Crippen molar-refractivity contribution >= 4 is 28.4 Å². The Bertz CT molecular complexity index is 713. The molecule has 2 aliphatic heterocycles. The van der Waals surface area contributed by atoms with Crippen LogP contribution >= 0.6 is 11.8 Å². The average molecular weight is 296 g/mol. The standard InChI is InChI=1S/C16H16N4S/c17-15-14(6-3-7-18-15)19-16-20-9-12-5-2-1-4-11(12)8-13(20)10-21-16/h1-7,13H,8-10H2,(H2,17,18)/t13-/m0/s1. The van der Waals surface area contributed by atoms with Gasteiger partial charge >= 0.3 is 0 Å². The number of aromatic nitrogens is 1. The maximum absolute atomic E-state index is 5.90. The molecule has 0 radical (unpaired) electrons. The summed E-state index contributed by atoms with van der Waals surface area (Å²) in [5.41, 5.74) is 9.54. The number of anilines is 1. The van der Waals surface area contributed by atoms with Crippen LogP contribution in [0.5, 0.6) is 0 Å². The van der Waals surface area contributed by atoms with E-state index in [1.807, 2.05) is 23.9 Å². The number of thioether (sulfide) groups is 1. The van der Waals surface area contributed by atoms with Crippen molar-refractivity contribution in [2.24, 2.45) is 4.99 Å². The van der Waals surface area contributed by atoms with Crippen LogP contribution in [-0.4, -0.2) is 26.8 Å². The van der Waals surface area contributed by atoms with Crippen molar-refractivity contribution in [1.29, 1.82) is 0 Å². The lowest BCUT2D eigenvalue weighted by Gasteiger charge is -2.32. The Kier molecular flexibility index (Phi) is 3.07. The smallest absolute Gasteiger partial charge is 0.165 e. The normalized spacial score (nSPS) is 22.2. The summed E-state index contributed by atoms with van der Waals surface area (Å²) in [6.45, 7) is 0.937. The molecule has 0 unspecified atom stereocenters. The zero-order chi connectivity index (χ0) is 14.2. The van der Waals surface area contributed by atoms with E-state index in [9.17, 15) is 0 Å². The van der Waals surface area contributed by atoms with E-state index in [4.69, 9.17) is 10.7 Å². The van der Waals surface area contributed by atoms with Gasteiger partial charge in [-0.25, -0.2) is 9.98 Å². The quantitative estimate of drug-likeness (QED) is 0.879. The Hall–Kier alpha value is -2.01. The number of pyridine rings is 1. The Balaban J connectivity index is 1.67. The third-order valence-corrected chi connectivity index (χ3v) is 5.17. The predicted octanol–water partition coefficient (Wildman–Crippen LogP) is 2.83. The van der Waals surface area contributed by atoms with E-state index < -0.39 is 0 Å². The van der Waals surface area contributed by atoms with Crippen molar-refractivity contribution < 1.29 is 0 Å². The topological polar surface area (TPSA) is 54.5 Å². The van der Waals surface area contributed by atoms with E-state index in [1.54, 1.807) is 6.20 Å². The Morgan fingerprint density at radius 2 is 2.05 bits per heavy atom. The molecule has 0 bridgehead atoms. The monoisotopic (exact) mass is 296 g/mol. The number of nitrogens with zero attached hydrogens (tertiary/aromatic N) is 3. The molecule has 2 aliphatic rings. The Morgan fingerprint density at radius 1 is 1.19 bits per heavy atom. The summed E-state index contributed by atoms with van der Waals surface area (Å²) >= 11 is 1.81. The molecular weight excluding hydrogens is 280 g/mol. The number of nitrogen functional groups attached to an aromatic ring is 1. The lowest BCUT2D eigenvalue weighted by atomic mass is 9.95. The summed E-state index contributed by atoms with van der Waals surface area (Å²) < 4.78 is 0. The lowest BCUT2D eigenvalue weighted by molar-refractivity contribution is 0.320. The number of nitrogens with two attached hydrogens (primary N) is 1. The SMILES string of the molecule is Nc1ncccc1N=C1SC[C@@H]2Cc3ccccc3CN12. The molecule has 2 aromatic rings. The highest BCUT2D eigenvalue weighted by Crippen LogP contribution is 2.35. The molecule has 1 aromatic carbocycles. The van der Waals surface area contributed by atoms with Crippen molar-refractivity contribution in [1.82, 2.24) is 9.88 Å². The van der Waals surface area contributed by atoms with Gasteiger partial charge < -0.3 is 10.6 Å². The third-order valence-electron chi connectivity index (χ3n) is 4.04. The van der Waals surface area contributed by atoms with Gasteiger partial charge in [-0.3, -0.25) is 0 Å². The van der Waals surface area contributed by atoms with E-state index in [1.165, 1.54) is 11.1 Å². The second kappa shape index (κ2) is 5.07. The van der Waals surface area contributed by atoms with Crippen molar-refractivity contribution in [3.63, 3.8) is 0 Å². The lowest BCUT2D eigenvalue weighted by Crippen LogP contribution is -2.38. The van der Waals surface area contributed by atoms with Crippen molar-refractivity contribution in [3.8, 4) is 0 Å². The minimum atomic E-state index is 0.492. The molecule has 0 amide bonds. The van der Waals surface area contributed by atoms with Gasteiger partial charge in [-0.2, -0.15) is 0 Å². The number of aliphatic imine (C=N–C) groups is 1. The molecule has 1 fully saturated rings. The summed E-state index contributed by atoms with van der Waals surface area (Å²) in [5, 5.41) is 1.06. The van der Waals surface area contributed by atoms with E-state index in [0.717, 1.165) is 29.6 Å². The first kappa shape index (κ1) is 12.7. The Morgan fingerprint density at radius 3 is 2.90 bits per heavy atom. The minimum absolute atomic E-state index is 0.492. The maximum Gasteiger partial charge on any atom is 0.165 e. The largest absolute Gasteiger partial charge is 0.382 e. The molecule has 3 heterocycles. The molecule has 0 saturated carbocycles. The van der Waals surface area contributed by atoms with Gasteiger partial charge in [0.1, 0.15) is 11.5 Å². The second-order valence-electron chi connectivity index (χ2n) is 5.37. The molecule has 21 heavy (non-hydrogen) atoms. The number of benzene rings is 1. The van der Waals surface area contributed by atoms with Crippen LogP contribution in [-0.2, 0) is 13.0 Å². The second-order valence-corrected chi connectivity index (χ2v) is 6.35. The van der Waals surface area contributed by atoms with Gasteiger partial charge in [-0.1, -0.05) is 36.0 Å². The molecule has 106 valence electrons. The summed E-state index contributed by atoms with van der Waals surface area (Å²) in [6, 6.07) is 13.0. The minimum Gasteiger partial charge on any atom is -0.382 e. The maximum atomic E-state index is 5.90. The van der Waals surface area contributed by atoms with Crippen LogP contribution in [0.15, 0.2) is 47.6 Å². The third kappa shape index (κ3) is 2.27. The first-order chi connectivity index (χ1) is 10.3. The molecule has 5 heteroatoms. The van der Waals surface area contributed by atoms with E-state index >= 15 is 0 Å². The molecule has 4 nitrogen and oxygen atoms in total. The van der Waals surface area contributed by atoms with Gasteiger partial charge in [-0.15, -0.1) is 0 Å². The van der Waals surface area contributed by atoms with Gasteiger partial charge in [0.25, 0.3) is 0 Å². The zero-order valence-electron chi connectivity index (χ0n) is 11.6. The van der Waals surface area contributed by atoms with E-state index in [2.05, 4.69) is 34.1 Å². The summed E-state index contributed by atoms with van der Waals surface area (Å²) in [6.07, 6.45) is 2.80. The van der Waals surface area contributed by atoms with E-state index in [-0.39, 0.29) is 0 Å². The highest BCUT2D eigenvalue weighted by molar-refractivity contribution is 8.14. The first-order valence-corrected chi connectivity index (χ1v) is 8.05. The van der Waals surface area contributed by atoms with Crippen LogP contribution in [0.25, 0.3) is 0 Å². The average Bonchev–Trinajstić information content (AvgIpc) is 2.89. The fraction of sp³-hybridized carbons (Fsp3) is 0.250. The van der Waals surface area contributed by atoms with Gasteiger partial charge in [0.2, 0.25) is 0 Å². The fourth-order valence-electron chi connectivity index (χ4n) is 2.92. The van der Waals surface area contributed by atoms with Crippen LogP contribution in [0.4, 0.5) is 11.5 Å². The predicted molar refractivity (Wildman–Crippen MR) is 87.7 cm³/mol. The van der Waals surface area contributed by atoms with Crippen LogP contribution in [0.3, 0.4) is 0 Å². The van der Waals surface area contributed by atoms with E-state index in [0.29, 0.717) is 11.9 Å². The van der Waals surface area contributed by atoms with Gasteiger partial charge in [0, 0.05) is 24.5 Å². The van der Waals surface area contributed by atoms with Crippen molar-refractivity contribution in [3.05, 3.63) is 53.7 Å². The van der Waals surface area contributed by atoms with Crippen LogP contribution in [0.2, 0.25) is 0 Å². The van der Waals surface area contributed by atoms with Gasteiger partial charge in [-0.05, 0) is 29.7 Å². The van der Waals surface area contributed by atoms with Crippen molar-refractivity contribution in [2.75, 3.05) is 11.5 Å². The molecule has 1 aromatic heterocycles. The highest BCUT2D eigenvalue weighted by atomic mass is 32.2. The van der Waals surface area contributed by atoms with Crippen LogP contribution in [0, 0.1) is 0 Å². The summed E-state index contributed by atoms with van der Waals surface area (Å²) in [4.78, 5) is 11.2. The highest BCUT2D eigenvalue weighted by Gasteiger charge is 2.34. The number of hydrogen-bond donors (Lipinski definition) is 1. The van der Waals surface area contributed by atoms with Gasteiger partial charge in [0.15, 0.2) is 5.17 Å². The molecular formula is C16H16N4S. The summed E-state index contributed by atoms with van der Waals surface area (Å²) in [7, 11) is 0. The molecule has 2 N–H and O–H groups in total. The zero-order valence-corrected chi connectivity index (χ0v) is 12.4. The van der Waals surface area contributed by atoms with Crippen LogP contribution in [0.1, 0.15) is 11.1 Å². The fourth-order valence-corrected chi connectivity index (χ4v) is 4.10. The number of fused-ring (bicyclic) bond motifs is 2. The number of hydrogen-bond acceptors (Lipinski definition) is 4. The molecule has 0 aliphatic carbocycles. The molecule has 1 saturated heterocycles. The van der Waals surface area contributed by atoms with Crippen molar-refractivity contribution in [2.45, 2.75) is 19.0 Å². The molecule has 0 spiro atoms. The first-order valence-electron chi connectivity index (χ1n) is 7.06. The number of amidine groups is 1. The van der Waals surface area contributed by atoms with Gasteiger partial charge in [0.05, 0.1) is 0 Å². The number of rotatable bonds is 1. The van der Waals surface area contributed by atoms with Crippen LogP contribution < -0.4 is 5.73 Å². The summed E-state index contributed by atoms with van der Waals surface area (Å²) in [5.74, 6) is 1.58. The Labute approximate surface area is 128 Å².